The van der Waals surface area contributed by atoms with Crippen molar-refractivity contribution in [2.24, 2.45) is 5.73 Å². The van der Waals surface area contributed by atoms with Gasteiger partial charge in [0.1, 0.15) is 11.5 Å². The van der Waals surface area contributed by atoms with Crippen LogP contribution in [-0.4, -0.2) is 22.3 Å². The summed E-state index contributed by atoms with van der Waals surface area (Å²) in [5, 5.41) is 7.65. The van der Waals surface area contributed by atoms with Crippen LogP contribution in [-0.2, 0) is 19.5 Å². The maximum atomic E-state index is 7.65. The first-order chi connectivity index (χ1) is 10.2. The highest BCUT2D eigenvalue weighted by atomic mass is 15.1. The summed E-state index contributed by atoms with van der Waals surface area (Å²) in [5.41, 5.74) is 10.1. The molecule has 0 aliphatic carbocycles. The zero-order valence-corrected chi connectivity index (χ0v) is 12.0. The van der Waals surface area contributed by atoms with Gasteiger partial charge in [0.2, 0.25) is 0 Å². The van der Waals surface area contributed by atoms with Gasteiger partial charge in [-0.3, -0.25) is 15.3 Å². The van der Waals surface area contributed by atoms with Crippen LogP contribution in [0.2, 0.25) is 0 Å². The third kappa shape index (κ3) is 3.11. The molecule has 0 bridgehead atoms. The Balaban J connectivity index is 1.81. The lowest BCUT2D eigenvalue weighted by Crippen LogP contribution is -2.25. The van der Waals surface area contributed by atoms with Crippen molar-refractivity contribution in [3.63, 3.8) is 0 Å². The first-order valence-electron chi connectivity index (χ1n) is 7.31. The maximum absolute atomic E-state index is 7.65. The smallest absolute Gasteiger partial charge is 0.142 e. The minimum Gasteiger partial charge on any atom is -0.382 e. The fourth-order valence-corrected chi connectivity index (χ4v) is 2.95. The van der Waals surface area contributed by atoms with Crippen LogP contribution in [0.5, 0.6) is 0 Å². The normalized spacial score (nSPS) is 15.2. The summed E-state index contributed by atoms with van der Waals surface area (Å²) in [6, 6.07) is 12.6. The van der Waals surface area contributed by atoms with E-state index in [-0.39, 0.29) is 5.84 Å². The molecule has 2 heterocycles. The summed E-state index contributed by atoms with van der Waals surface area (Å²) in [6.45, 7) is 2.79. The minimum atomic E-state index is 0.0424. The first kappa shape index (κ1) is 13.8. The molecule has 0 amide bonds. The number of nitrogens with zero attached hydrogens (tertiary/aromatic N) is 2. The van der Waals surface area contributed by atoms with Crippen LogP contribution in [0.4, 0.5) is 0 Å². The number of benzene rings is 1. The number of rotatable bonds is 3. The Labute approximate surface area is 125 Å². The van der Waals surface area contributed by atoms with Gasteiger partial charge in [-0.25, -0.2) is 0 Å². The van der Waals surface area contributed by atoms with E-state index in [0.29, 0.717) is 5.69 Å². The standard InChI is InChI=1S/C17H20N4/c18-17(19)16-15(7-3-9-20-16)12-21-10-4-8-13-5-1-2-6-14(13)11-21/h1-3,5-7,9H,4,8,10-12H2,(H3,18,19). The molecule has 0 radical (unpaired) electrons. The average molecular weight is 280 g/mol. The lowest BCUT2D eigenvalue weighted by molar-refractivity contribution is 0.260. The number of nitrogen functional groups attached to an aromatic ring is 1. The van der Waals surface area contributed by atoms with E-state index < -0.39 is 0 Å². The van der Waals surface area contributed by atoms with Gasteiger partial charge in [-0.2, -0.15) is 0 Å². The van der Waals surface area contributed by atoms with E-state index in [1.54, 1.807) is 6.20 Å². The predicted octanol–water partition coefficient (Wildman–Crippen LogP) is 2.31. The maximum Gasteiger partial charge on any atom is 0.142 e. The monoisotopic (exact) mass is 280 g/mol. The molecule has 108 valence electrons. The molecule has 1 aliphatic heterocycles. The van der Waals surface area contributed by atoms with Gasteiger partial charge in [0.25, 0.3) is 0 Å². The highest BCUT2D eigenvalue weighted by molar-refractivity contribution is 5.94. The molecular weight excluding hydrogens is 260 g/mol. The summed E-state index contributed by atoms with van der Waals surface area (Å²) in [7, 11) is 0. The third-order valence-corrected chi connectivity index (χ3v) is 3.97. The van der Waals surface area contributed by atoms with Crippen molar-refractivity contribution in [3.8, 4) is 0 Å². The molecule has 2 aromatic rings. The van der Waals surface area contributed by atoms with E-state index in [2.05, 4.69) is 34.1 Å². The summed E-state index contributed by atoms with van der Waals surface area (Å²) in [6.07, 6.45) is 3.99. The van der Waals surface area contributed by atoms with Gasteiger partial charge in [0, 0.05) is 19.3 Å². The Morgan fingerprint density at radius 1 is 1.19 bits per heavy atom. The Bertz CT molecular complexity index is 651. The zero-order valence-electron chi connectivity index (χ0n) is 12.0. The second-order valence-electron chi connectivity index (χ2n) is 5.51. The molecule has 1 aliphatic rings. The molecule has 0 unspecified atom stereocenters. The number of aromatic nitrogens is 1. The van der Waals surface area contributed by atoms with Crippen molar-refractivity contribution >= 4 is 5.84 Å². The van der Waals surface area contributed by atoms with Gasteiger partial charge in [-0.15, -0.1) is 0 Å². The van der Waals surface area contributed by atoms with Crippen LogP contribution in [0.3, 0.4) is 0 Å². The Kier molecular flexibility index (Phi) is 3.97. The quantitative estimate of drug-likeness (QED) is 0.670. The number of amidine groups is 1. The molecule has 3 N–H and O–H groups in total. The van der Waals surface area contributed by atoms with Crippen molar-refractivity contribution in [1.82, 2.24) is 9.88 Å². The van der Waals surface area contributed by atoms with E-state index >= 15 is 0 Å². The molecule has 1 aromatic heterocycles. The number of pyridine rings is 1. The molecule has 0 fully saturated rings. The minimum absolute atomic E-state index is 0.0424. The van der Waals surface area contributed by atoms with E-state index in [9.17, 15) is 0 Å². The Hall–Kier alpha value is -2.20. The van der Waals surface area contributed by atoms with E-state index in [1.165, 1.54) is 11.1 Å². The van der Waals surface area contributed by atoms with Gasteiger partial charge in [-0.05, 0) is 42.1 Å². The summed E-state index contributed by atoms with van der Waals surface area (Å²) in [4.78, 5) is 6.65. The van der Waals surface area contributed by atoms with E-state index in [4.69, 9.17) is 11.1 Å². The molecular formula is C17H20N4. The second-order valence-corrected chi connectivity index (χ2v) is 5.51. The van der Waals surface area contributed by atoms with Gasteiger partial charge in [0.05, 0.1) is 0 Å². The summed E-state index contributed by atoms with van der Waals surface area (Å²) >= 11 is 0. The predicted molar refractivity (Wildman–Crippen MR) is 84.1 cm³/mol. The molecule has 0 spiro atoms. The molecule has 3 rings (SSSR count). The zero-order chi connectivity index (χ0) is 14.7. The number of fused-ring (bicyclic) bond motifs is 1. The summed E-state index contributed by atoms with van der Waals surface area (Å²) < 4.78 is 0. The number of nitrogens with one attached hydrogen (secondary N) is 1. The molecule has 0 saturated carbocycles. The van der Waals surface area contributed by atoms with Crippen molar-refractivity contribution in [3.05, 3.63) is 65.0 Å². The van der Waals surface area contributed by atoms with E-state index in [0.717, 1.165) is 38.0 Å². The SMILES string of the molecule is N=C(N)c1ncccc1CN1CCCc2ccccc2C1. The third-order valence-electron chi connectivity index (χ3n) is 3.97. The number of hydrogen-bond acceptors (Lipinski definition) is 3. The lowest BCUT2D eigenvalue weighted by Gasteiger charge is -2.21. The lowest BCUT2D eigenvalue weighted by atomic mass is 10.0. The highest BCUT2D eigenvalue weighted by Gasteiger charge is 2.16. The van der Waals surface area contributed by atoms with Crippen molar-refractivity contribution < 1.29 is 0 Å². The van der Waals surface area contributed by atoms with Gasteiger partial charge < -0.3 is 5.73 Å². The van der Waals surface area contributed by atoms with Crippen LogP contribution in [0.15, 0.2) is 42.6 Å². The van der Waals surface area contributed by atoms with Gasteiger partial charge in [0.15, 0.2) is 0 Å². The first-order valence-corrected chi connectivity index (χ1v) is 7.31. The van der Waals surface area contributed by atoms with Gasteiger partial charge >= 0.3 is 0 Å². The fraction of sp³-hybridized carbons (Fsp3) is 0.294. The molecule has 4 nitrogen and oxygen atoms in total. The van der Waals surface area contributed by atoms with Crippen LogP contribution in [0.1, 0.15) is 28.8 Å². The van der Waals surface area contributed by atoms with Crippen molar-refractivity contribution in [2.45, 2.75) is 25.9 Å². The topological polar surface area (TPSA) is 66.0 Å². The van der Waals surface area contributed by atoms with Crippen molar-refractivity contribution in [1.29, 1.82) is 5.41 Å². The van der Waals surface area contributed by atoms with E-state index in [1.807, 2.05) is 12.1 Å². The van der Waals surface area contributed by atoms with Crippen LogP contribution >= 0.6 is 0 Å². The Morgan fingerprint density at radius 3 is 2.81 bits per heavy atom. The molecule has 21 heavy (non-hydrogen) atoms. The number of hydrogen-bond donors (Lipinski definition) is 2. The fourth-order valence-electron chi connectivity index (χ4n) is 2.95. The highest BCUT2D eigenvalue weighted by Crippen LogP contribution is 2.20. The molecule has 0 atom stereocenters. The van der Waals surface area contributed by atoms with Gasteiger partial charge in [-0.1, -0.05) is 30.3 Å². The molecule has 0 saturated heterocycles. The average Bonchev–Trinajstić information content (AvgIpc) is 2.69. The molecule has 4 heteroatoms. The largest absolute Gasteiger partial charge is 0.382 e. The second kappa shape index (κ2) is 6.06. The van der Waals surface area contributed by atoms with Crippen LogP contribution < -0.4 is 5.73 Å². The summed E-state index contributed by atoms with van der Waals surface area (Å²) in [5.74, 6) is 0.0424. The van der Waals surface area contributed by atoms with Crippen molar-refractivity contribution in [2.75, 3.05) is 6.54 Å². The molecule has 1 aromatic carbocycles. The number of aryl methyl sites for hydroxylation is 1. The van der Waals surface area contributed by atoms with Crippen LogP contribution in [0, 0.1) is 5.41 Å². The Morgan fingerprint density at radius 2 is 2.00 bits per heavy atom. The number of nitrogens with two attached hydrogens (primary N) is 1. The van der Waals surface area contributed by atoms with Crippen LogP contribution in [0.25, 0.3) is 0 Å².